The fourth-order valence-electron chi connectivity index (χ4n) is 2.37. The quantitative estimate of drug-likeness (QED) is 0.617. The number of alkyl halides is 3. The lowest BCUT2D eigenvalue weighted by molar-refractivity contribution is -0.141. The molecule has 1 unspecified atom stereocenters. The average Bonchev–Trinajstić information content (AvgIpc) is 2.65. The summed E-state index contributed by atoms with van der Waals surface area (Å²) in [4.78, 5) is 3.74. The fourth-order valence-corrected chi connectivity index (χ4v) is 3.16. The third kappa shape index (κ3) is 6.80. The van der Waals surface area contributed by atoms with E-state index in [9.17, 15) is 17.7 Å². The summed E-state index contributed by atoms with van der Waals surface area (Å²) in [6, 6.07) is 9.11. The second-order valence-electron chi connectivity index (χ2n) is 7.59. The molecule has 0 saturated heterocycles. The summed E-state index contributed by atoms with van der Waals surface area (Å²) in [5.74, 6) is 0.700. The van der Waals surface area contributed by atoms with Gasteiger partial charge in [-0.3, -0.25) is 0 Å². The van der Waals surface area contributed by atoms with Crippen molar-refractivity contribution in [2.45, 2.75) is 51.2 Å². The Morgan fingerprint density at radius 1 is 1.14 bits per heavy atom. The predicted octanol–water partition coefficient (Wildman–Crippen LogP) is 4.83. The van der Waals surface area contributed by atoms with Gasteiger partial charge in [0.15, 0.2) is 0 Å². The molecule has 1 aromatic carbocycles. The second kappa shape index (κ2) is 9.23. The van der Waals surface area contributed by atoms with Gasteiger partial charge in [0.2, 0.25) is 0 Å². The topological polar surface area (TPSA) is 69.2 Å². The molecule has 29 heavy (non-hydrogen) atoms. The molecule has 2 atom stereocenters. The van der Waals surface area contributed by atoms with Gasteiger partial charge in [-0.2, -0.15) is 13.2 Å². The molecule has 2 aromatic rings. The summed E-state index contributed by atoms with van der Waals surface area (Å²) >= 11 is -1.44. The van der Waals surface area contributed by atoms with Gasteiger partial charge in [0, 0.05) is 23.6 Å². The Labute approximate surface area is 172 Å². The monoisotopic (exact) mass is 429 g/mol. The average molecular weight is 430 g/mol. The molecule has 0 aliphatic rings. The van der Waals surface area contributed by atoms with E-state index in [1.165, 1.54) is 6.07 Å². The van der Waals surface area contributed by atoms with E-state index in [-0.39, 0.29) is 11.4 Å². The van der Waals surface area contributed by atoms with Gasteiger partial charge in [-0.05, 0) is 57.5 Å². The molecule has 9 heteroatoms. The van der Waals surface area contributed by atoms with E-state index in [0.29, 0.717) is 12.3 Å². The molecule has 1 aromatic heterocycles. The first kappa shape index (κ1) is 23.3. The smallest absolute Gasteiger partial charge is 0.433 e. The Morgan fingerprint density at radius 2 is 1.76 bits per heavy atom. The van der Waals surface area contributed by atoms with Gasteiger partial charge in [-0.15, -0.1) is 4.72 Å². The first-order chi connectivity index (χ1) is 13.4. The first-order valence-electron chi connectivity index (χ1n) is 9.04. The van der Waals surface area contributed by atoms with E-state index < -0.39 is 34.0 Å². The van der Waals surface area contributed by atoms with Crippen molar-refractivity contribution in [2.24, 2.45) is 0 Å². The van der Waals surface area contributed by atoms with Crippen LogP contribution in [0.15, 0.2) is 36.4 Å². The van der Waals surface area contributed by atoms with Gasteiger partial charge in [-0.25, -0.2) is 4.98 Å². The highest BCUT2D eigenvalue weighted by Crippen LogP contribution is 2.31. The van der Waals surface area contributed by atoms with Crippen LogP contribution in [0.3, 0.4) is 0 Å². The number of pyridine rings is 1. The Bertz CT molecular complexity index is 808. The van der Waals surface area contributed by atoms with Crippen LogP contribution in [0.4, 0.5) is 18.9 Å². The zero-order valence-corrected chi connectivity index (χ0v) is 17.9. The van der Waals surface area contributed by atoms with Crippen molar-refractivity contribution in [2.75, 3.05) is 12.4 Å². The number of aromatic nitrogens is 1. The van der Waals surface area contributed by atoms with Crippen molar-refractivity contribution in [1.82, 2.24) is 9.71 Å². The normalized spacial score (nSPS) is 14.4. The van der Waals surface area contributed by atoms with E-state index >= 15 is 0 Å². The van der Waals surface area contributed by atoms with Gasteiger partial charge in [-0.1, -0.05) is 12.1 Å². The third-order valence-electron chi connectivity index (χ3n) is 4.07. The van der Waals surface area contributed by atoms with E-state index in [1.54, 1.807) is 46.9 Å². The molecule has 2 N–H and O–H groups in total. The molecule has 0 radical (unpaired) electrons. The van der Waals surface area contributed by atoms with Crippen LogP contribution in [0, 0.1) is 0 Å². The van der Waals surface area contributed by atoms with Crippen LogP contribution < -0.4 is 14.8 Å². The number of hydrogen-bond acceptors (Lipinski definition) is 5. The molecule has 160 valence electrons. The van der Waals surface area contributed by atoms with Gasteiger partial charge < -0.3 is 14.6 Å². The summed E-state index contributed by atoms with van der Waals surface area (Å²) < 4.78 is 59.7. The summed E-state index contributed by atoms with van der Waals surface area (Å²) in [7, 11) is 1.56. The number of hydrogen-bond donors (Lipinski definition) is 2. The molecule has 0 fully saturated rings. The molecular formula is C20H26F3N3O2S. The Balaban J connectivity index is 2.23. The number of nitrogens with zero attached hydrogens (tertiary/aromatic N) is 1. The molecule has 1 heterocycles. The van der Waals surface area contributed by atoms with Crippen LogP contribution >= 0.6 is 0 Å². The van der Waals surface area contributed by atoms with E-state index in [2.05, 4.69) is 15.0 Å². The lowest BCUT2D eigenvalue weighted by Crippen LogP contribution is -2.40. The maximum Gasteiger partial charge on any atom is 0.433 e. The number of nitrogens with one attached hydrogen (secondary N) is 2. The zero-order valence-electron chi connectivity index (χ0n) is 17.1. The Morgan fingerprint density at radius 3 is 2.28 bits per heavy atom. The minimum atomic E-state index is -4.59. The van der Waals surface area contributed by atoms with Crippen molar-refractivity contribution < 1.29 is 22.5 Å². The number of rotatable bonds is 7. The minimum absolute atomic E-state index is 0.162. The number of halogens is 3. The molecule has 0 saturated carbocycles. The summed E-state index contributed by atoms with van der Waals surface area (Å²) in [6.07, 6.45) is -4.59. The SMILES string of the molecule is COc1ccc(CNc2cc(C(C)N[S@+]([O-])C(C)(C)C)nc(C(F)(F)F)c2)cc1. The van der Waals surface area contributed by atoms with Crippen molar-refractivity contribution >= 4 is 17.0 Å². The van der Waals surface area contributed by atoms with Crippen LogP contribution in [-0.4, -0.2) is 21.4 Å². The molecule has 5 nitrogen and oxygen atoms in total. The highest BCUT2D eigenvalue weighted by molar-refractivity contribution is 7.90. The lowest BCUT2D eigenvalue weighted by Gasteiger charge is -2.26. The molecule has 0 bridgehead atoms. The number of anilines is 1. The molecule has 0 aliphatic heterocycles. The number of benzene rings is 1. The number of methoxy groups -OCH3 is 1. The molecule has 2 rings (SSSR count). The standard InChI is InChI=1S/C20H26F3N3O2S/c1-13(26-29(27)19(2,3)4)17-10-15(11-18(25-17)20(21,22)23)24-12-14-6-8-16(28-5)9-7-14/h6-11,13,26H,12H2,1-5H3,(H,24,25)/t13?,29-/m1/s1. The van der Waals surface area contributed by atoms with Crippen LogP contribution in [0.1, 0.15) is 50.7 Å². The Hall–Kier alpha value is -1.97. The zero-order chi connectivity index (χ0) is 21.8. The molecule has 0 aliphatic carbocycles. The van der Waals surface area contributed by atoms with Crippen molar-refractivity contribution in [3.8, 4) is 5.75 Å². The van der Waals surface area contributed by atoms with Crippen LogP contribution in [0.5, 0.6) is 5.75 Å². The van der Waals surface area contributed by atoms with Gasteiger partial charge in [0.1, 0.15) is 16.2 Å². The first-order valence-corrected chi connectivity index (χ1v) is 10.2. The largest absolute Gasteiger partial charge is 0.598 e. The van der Waals surface area contributed by atoms with Crippen LogP contribution in [-0.2, 0) is 24.1 Å². The van der Waals surface area contributed by atoms with Gasteiger partial charge in [0.05, 0.1) is 18.8 Å². The van der Waals surface area contributed by atoms with E-state index in [0.717, 1.165) is 11.6 Å². The van der Waals surface area contributed by atoms with Crippen LogP contribution in [0.25, 0.3) is 0 Å². The highest BCUT2D eigenvalue weighted by Gasteiger charge is 2.34. The predicted molar refractivity (Wildman–Crippen MR) is 109 cm³/mol. The summed E-state index contributed by atoms with van der Waals surface area (Å²) in [5, 5.41) is 3.01. The van der Waals surface area contributed by atoms with Gasteiger partial charge in [0.25, 0.3) is 0 Å². The number of ether oxygens (including phenoxy) is 1. The Kier molecular flexibility index (Phi) is 7.42. The summed E-state index contributed by atoms with van der Waals surface area (Å²) in [5.41, 5.74) is 0.336. The van der Waals surface area contributed by atoms with Crippen molar-refractivity contribution in [3.63, 3.8) is 0 Å². The van der Waals surface area contributed by atoms with E-state index in [4.69, 9.17) is 4.74 Å². The van der Waals surface area contributed by atoms with Crippen molar-refractivity contribution in [3.05, 3.63) is 53.3 Å². The molecule has 0 amide bonds. The summed E-state index contributed by atoms with van der Waals surface area (Å²) in [6.45, 7) is 7.32. The lowest BCUT2D eigenvalue weighted by atomic mass is 10.1. The van der Waals surface area contributed by atoms with E-state index in [1.807, 2.05) is 12.1 Å². The molecule has 0 spiro atoms. The van der Waals surface area contributed by atoms with Crippen molar-refractivity contribution in [1.29, 1.82) is 0 Å². The highest BCUT2D eigenvalue weighted by atomic mass is 32.2. The minimum Gasteiger partial charge on any atom is -0.598 e. The fraction of sp³-hybridized carbons (Fsp3) is 0.450. The second-order valence-corrected chi connectivity index (χ2v) is 9.58. The third-order valence-corrected chi connectivity index (χ3v) is 5.75. The molecular weight excluding hydrogens is 403 g/mol. The maximum absolute atomic E-state index is 13.3. The maximum atomic E-state index is 13.3. The van der Waals surface area contributed by atoms with Gasteiger partial charge >= 0.3 is 6.18 Å². The van der Waals surface area contributed by atoms with Crippen LogP contribution in [0.2, 0.25) is 0 Å².